The Morgan fingerprint density at radius 3 is 2.38 bits per heavy atom. The quantitative estimate of drug-likeness (QED) is 0.637. The lowest BCUT2D eigenvalue weighted by atomic mass is 9.93. The molecule has 150 valence electrons. The molecule has 2 aliphatic rings. The average molecular weight is 391 g/mol. The van der Waals surface area contributed by atoms with Crippen LogP contribution in [-0.2, 0) is 9.59 Å². The number of urea groups is 1. The molecule has 2 aromatic rings. The SMILES string of the molecule is Cc1cc(/C=C2/C(=O)NC(=O)N(C3CCCCC3)C2=O)c(C)n1-c1ccccc1. The first-order valence-electron chi connectivity index (χ1n) is 10.1. The number of aromatic nitrogens is 1. The van der Waals surface area contributed by atoms with Crippen molar-refractivity contribution in [1.29, 1.82) is 0 Å². The predicted molar refractivity (Wildman–Crippen MR) is 110 cm³/mol. The normalized spacial score (nSPS) is 19.7. The summed E-state index contributed by atoms with van der Waals surface area (Å²) in [6, 6.07) is 11.1. The minimum Gasteiger partial charge on any atom is -0.318 e. The van der Waals surface area contributed by atoms with Gasteiger partial charge in [-0.2, -0.15) is 0 Å². The average Bonchev–Trinajstić information content (AvgIpc) is 2.99. The van der Waals surface area contributed by atoms with Gasteiger partial charge in [-0.15, -0.1) is 0 Å². The highest BCUT2D eigenvalue weighted by Crippen LogP contribution is 2.28. The molecule has 0 atom stereocenters. The molecule has 6 nitrogen and oxygen atoms in total. The molecule has 1 aliphatic carbocycles. The maximum atomic E-state index is 13.1. The molecule has 1 saturated carbocycles. The summed E-state index contributed by atoms with van der Waals surface area (Å²) in [5.41, 5.74) is 3.77. The van der Waals surface area contributed by atoms with E-state index in [1.165, 1.54) is 4.90 Å². The second kappa shape index (κ2) is 7.70. The number of aryl methyl sites for hydroxylation is 1. The Hall–Kier alpha value is -3.15. The monoisotopic (exact) mass is 391 g/mol. The first kappa shape index (κ1) is 19.2. The third kappa shape index (κ3) is 3.50. The van der Waals surface area contributed by atoms with Gasteiger partial charge in [0, 0.05) is 23.1 Å². The van der Waals surface area contributed by atoms with E-state index in [4.69, 9.17) is 0 Å². The predicted octanol–water partition coefficient (Wildman–Crippen LogP) is 3.89. The van der Waals surface area contributed by atoms with Crippen molar-refractivity contribution in [2.24, 2.45) is 0 Å². The van der Waals surface area contributed by atoms with Crippen molar-refractivity contribution in [3.63, 3.8) is 0 Å². The first-order chi connectivity index (χ1) is 14.0. The van der Waals surface area contributed by atoms with E-state index in [9.17, 15) is 14.4 Å². The summed E-state index contributed by atoms with van der Waals surface area (Å²) in [4.78, 5) is 39.2. The number of amides is 4. The summed E-state index contributed by atoms with van der Waals surface area (Å²) >= 11 is 0. The molecule has 1 N–H and O–H groups in total. The van der Waals surface area contributed by atoms with Gasteiger partial charge in [-0.25, -0.2) is 4.79 Å². The van der Waals surface area contributed by atoms with Crippen molar-refractivity contribution in [2.45, 2.75) is 52.0 Å². The lowest BCUT2D eigenvalue weighted by molar-refractivity contribution is -0.132. The van der Waals surface area contributed by atoms with Gasteiger partial charge >= 0.3 is 6.03 Å². The molecule has 0 spiro atoms. The van der Waals surface area contributed by atoms with Gasteiger partial charge in [0.2, 0.25) is 0 Å². The van der Waals surface area contributed by atoms with Gasteiger partial charge in [0.25, 0.3) is 11.8 Å². The molecule has 4 amide bonds. The molecule has 0 radical (unpaired) electrons. The van der Waals surface area contributed by atoms with Crippen LogP contribution in [0.25, 0.3) is 11.8 Å². The van der Waals surface area contributed by atoms with Crippen molar-refractivity contribution in [1.82, 2.24) is 14.8 Å². The molecule has 0 bridgehead atoms. The van der Waals surface area contributed by atoms with Crippen LogP contribution in [0.2, 0.25) is 0 Å². The van der Waals surface area contributed by atoms with Gasteiger partial charge in [0.15, 0.2) is 0 Å². The van der Waals surface area contributed by atoms with Gasteiger partial charge in [0.1, 0.15) is 5.57 Å². The maximum Gasteiger partial charge on any atom is 0.331 e. The Labute approximate surface area is 170 Å². The molecule has 1 aromatic heterocycles. The number of hydrogen-bond acceptors (Lipinski definition) is 3. The van der Waals surface area contributed by atoms with Gasteiger partial charge in [-0.05, 0) is 56.5 Å². The van der Waals surface area contributed by atoms with Gasteiger partial charge in [-0.3, -0.25) is 19.8 Å². The number of imide groups is 2. The smallest absolute Gasteiger partial charge is 0.318 e. The number of carbonyl (C=O) groups excluding carboxylic acids is 3. The van der Waals surface area contributed by atoms with E-state index >= 15 is 0 Å². The molecule has 6 heteroatoms. The maximum absolute atomic E-state index is 13.1. The van der Waals surface area contributed by atoms with Crippen LogP contribution in [-0.4, -0.2) is 33.4 Å². The third-order valence-electron chi connectivity index (χ3n) is 5.86. The summed E-state index contributed by atoms with van der Waals surface area (Å²) in [6.07, 6.45) is 6.31. The Kier molecular flexibility index (Phi) is 5.09. The zero-order valence-corrected chi connectivity index (χ0v) is 16.8. The van der Waals surface area contributed by atoms with Crippen molar-refractivity contribution in [3.05, 3.63) is 58.9 Å². The van der Waals surface area contributed by atoms with Crippen molar-refractivity contribution in [3.8, 4) is 5.69 Å². The topological polar surface area (TPSA) is 71.4 Å². The summed E-state index contributed by atoms with van der Waals surface area (Å²) in [6.45, 7) is 3.95. The number of hydrogen-bond donors (Lipinski definition) is 1. The zero-order chi connectivity index (χ0) is 20.5. The second-order valence-electron chi connectivity index (χ2n) is 7.78. The zero-order valence-electron chi connectivity index (χ0n) is 16.8. The number of para-hydroxylation sites is 1. The number of carbonyl (C=O) groups is 3. The Morgan fingerprint density at radius 2 is 1.69 bits per heavy atom. The molecular weight excluding hydrogens is 366 g/mol. The van der Waals surface area contributed by atoms with E-state index in [1.54, 1.807) is 6.08 Å². The van der Waals surface area contributed by atoms with Crippen LogP contribution in [0.1, 0.15) is 49.1 Å². The molecule has 1 saturated heterocycles. The van der Waals surface area contributed by atoms with E-state index in [0.29, 0.717) is 0 Å². The highest BCUT2D eigenvalue weighted by atomic mass is 16.2. The highest BCUT2D eigenvalue weighted by Gasteiger charge is 2.40. The van der Waals surface area contributed by atoms with Gasteiger partial charge in [0.05, 0.1) is 0 Å². The summed E-state index contributed by atoms with van der Waals surface area (Å²) in [5, 5.41) is 2.35. The Balaban J connectivity index is 1.71. The fraction of sp³-hybridized carbons (Fsp3) is 0.348. The number of nitrogens with one attached hydrogen (secondary N) is 1. The van der Waals surface area contributed by atoms with Gasteiger partial charge in [-0.1, -0.05) is 37.5 Å². The van der Waals surface area contributed by atoms with E-state index in [0.717, 1.165) is 54.7 Å². The van der Waals surface area contributed by atoms with Crippen molar-refractivity contribution >= 4 is 23.9 Å². The van der Waals surface area contributed by atoms with Crippen LogP contribution >= 0.6 is 0 Å². The molecular formula is C23H25N3O3. The standard InChI is InChI=1S/C23H25N3O3/c1-15-13-17(16(2)25(15)18-9-5-3-6-10-18)14-20-21(27)24-23(29)26(22(20)28)19-11-7-4-8-12-19/h3,5-6,9-10,13-14,19H,4,7-8,11-12H2,1-2H3,(H,24,27,29)/b20-14-. The summed E-state index contributed by atoms with van der Waals surface area (Å²) in [7, 11) is 0. The van der Waals surface area contributed by atoms with Gasteiger partial charge < -0.3 is 4.57 Å². The molecule has 0 unspecified atom stereocenters. The highest BCUT2D eigenvalue weighted by molar-refractivity contribution is 6.31. The molecule has 2 heterocycles. The van der Waals surface area contributed by atoms with Crippen LogP contribution in [0.3, 0.4) is 0 Å². The van der Waals surface area contributed by atoms with E-state index in [1.807, 2.05) is 50.2 Å². The molecule has 1 aliphatic heterocycles. The van der Waals surface area contributed by atoms with Crippen LogP contribution in [0.15, 0.2) is 42.0 Å². The van der Waals surface area contributed by atoms with Crippen molar-refractivity contribution < 1.29 is 14.4 Å². The van der Waals surface area contributed by atoms with Crippen LogP contribution in [0, 0.1) is 13.8 Å². The van der Waals surface area contributed by atoms with Crippen molar-refractivity contribution in [2.75, 3.05) is 0 Å². The summed E-state index contributed by atoms with van der Waals surface area (Å²) < 4.78 is 2.08. The lowest BCUT2D eigenvalue weighted by Crippen LogP contribution is -2.58. The number of nitrogens with zero attached hydrogens (tertiary/aromatic N) is 2. The van der Waals surface area contributed by atoms with Crippen LogP contribution < -0.4 is 5.32 Å². The largest absolute Gasteiger partial charge is 0.331 e. The fourth-order valence-corrected chi connectivity index (χ4v) is 4.41. The molecule has 29 heavy (non-hydrogen) atoms. The van der Waals surface area contributed by atoms with Crippen LogP contribution in [0.5, 0.6) is 0 Å². The minimum absolute atomic E-state index is 0.0171. The van der Waals surface area contributed by atoms with E-state index in [2.05, 4.69) is 9.88 Å². The Bertz CT molecular complexity index is 998. The molecule has 2 fully saturated rings. The fourth-order valence-electron chi connectivity index (χ4n) is 4.41. The number of barbiturate groups is 1. The van der Waals surface area contributed by atoms with Crippen LogP contribution in [0.4, 0.5) is 4.79 Å². The van der Waals surface area contributed by atoms with E-state index < -0.39 is 17.8 Å². The second-order valence-corrected chi connectivity index (χ2v) is 7.78. The minimum atomic E-state index is -0.628. The molecule has 4 rings (SSSR count). The first-order valence-corrected chi connectivity index (χ1v) is 10.1. The Morgan fingerprint density at radius 1 is 1.00 bits per heavy atom. The summed E-state index contributed by atoms with van der Waals surface area (Å²) in [5.74, 6) is -1.12. The lowest BCUT2D eigenvalue weighted by Gasteiger charge is -2.35. The number of benzene rings is 1. The molecule has 1 aromatic carbocycles. The third-order valence-corrected chi connectivity index (χ3v) is 5.86. The number of rotatable bonds is 3. The van der Waals surface area contributed by atoms with E-state index in [-0.39, 0.29) is 11.6 Å².